The Bertz CT molecular complexity index is 531. The molecule has 0 aliphatic carbocycles. The van der Waals surface area contributed by atoms with Gasteiger partial charge in [0.25, 0.3) is 0 Å². The van der Waals surface area contributed by atoms with Crippen molar-refractivity contribution in [3.05, 3.63) is 53.3 Å². The fourth-order valence-electron chi connectivity index (χ4n) is 1.53. The van der Waals surface area contributed by atoms with Crippen LogP contribution < -0.4 is 5.32 Å². The third-order valence-corrected chi connectivity index (χ3v) is 2.76. The van der Waals surface area contributed by atoms with Gasteiger partial charge in [0.1, 0.15) is 0 Å². The molecule has 0 bridgehead atoms. The predicted octanol–water partition coefficient (Wildman–Crippen LogP) is 3.56. The van der Waals surface area contributed by atoms with E-state index in [0.717, 1.165) is 21.8 Å². The molecule has 2 rings (SSSR count). The Kier molecular flexibility index (Phi) is 3.49. The molecule has 1 aromatic carbocycles. The molecule has 0 fully saturated rings. The van der Waals surface area contributed by atoms with E-state index >= 15 is 0 Å². The van der Waals surface area contributed by atoms with E-state index in [1.165, 1.54) is 0 Å². The Morgan fingerprint density at radius 2 is 2.35 bits per heavy atom. The van der Waals surface area contributed by atoms with E-state index in [9.17, 15) is 0 Å². The summed E-state index contributed by atoms with van der Waals surface area (Å²) < 4.78 is 1.67. The van der Waals surface area contributed by atoms with Crippen LogP contribution in [0.3, 0.4) is 0 Å². The molecule has 1 heterocycles. The maximum Gasteiger partial charge on any atom is 0.0640 e. The van der Waals surface area contributed by atoms with E-state index < -0.39 is 0 Å². The molecular formula is C13H14ClN3. The number of hydrogen-bond donors (Lipinski definition) is 1. The smallest absolute Gasteiger partial charge is 0.0640 e. The summed E-state index contributed by atoms with van der Waals surface area (Å²) in [7, 11) is 0. The molecule has 17 heavy (non-hydrogen) atoms. The van der Waals surface area contributed by atoms with Crippen LogP contribution in [0.4, 0.5) is 5.69 Å². The van der Waals surface area contributed by atoms with Crippen LogP contribution in [0.1, 0.15) is 11.1 Å². The van der Waals surface area contributed by atoms with Gasteiger partial charge in [0.2, 0.25) is 0 Å². The first-order valence-corrected chi connectivity index (χ1v) is 5.72. The molecule has 0 amide bonds. The summed E-state index contributed by atoms with van der Waals surface area (Å²) in [4.78, 5) is 0. The van der Waals surface area contributed by atoms with Gasteiger partial charge >= 0.3 is 0 Å². The van der Waals surface area contributed by atoms with Gasteiger partial charge in [-0.05, 0) is 24.6 Å². The molecule has 88 valence electrons. The minimum Gasteiger partial charge on any atom is -0.380 e. The predicted molar refractivity (Wildman–Crippen MR) is 72.1 cm³/mol. The van der Waals surface area contributed by atoms with Crippen LogP contribution in [-0.2, 0) is 6.54 Å². The molecule has 2 aromatic rings. The van der Waals surface area contributed by atoms with Gasteiger partial charge in [-0.15, -0.1) is 0 Å². The zero-order valence-electron chi connectivity index (χ0n) is 9.65. The zero-order valence-corrected chi connectivity index (χ0v) is 10.4. The number of anilines is 1. The normalized spacial score (nSPS) is 10.2. The minimum absolute atomic E-state index is 0.691. The van der Waals surface area contributed by atoms with E-state index in [4.69, 9.17) is 11.6 Å². The maximum atomic E-state index is 6.13. The van der Waals surface area contributed by atoms with Gasteiger partial charge < -0.3 is 5.32 Å². The van der Waals surface area contributed by atoms with Gasteiger partial charge in [0.15, 0.2) is 0 Å². The van der Waals surface area contributed by atoms with E-state index in [1.807, 2.05) is 31.3 Å². The van der Waals surface area contributed by atoms with Crippen molar-refractivity contribution in [1.29, 1.82) is 0 Å². The zero-order chi connectivity index (χ0) is 12.3. The maximum absolute atomic E-state index is 6.13. The summed E-state index contributed by atoms with van der Waals surface area (Å²) in [5.74, 6) is 0. The lowest BCUT2D eigenvalue weighted by molar-refractivity contribution is 0.936. The molecule has 0 unspecified atom stereocenters. The molecule has 0 radical (unpaired) electrons. The molecule has 1 N–H and O–H groups in total. The highest BCUT2D eigenvalue weighted by Crippen LogP contribution is 2.23. The Balaban J connectivity index is 2.04. The van der Waals surface area contributed by atoms with Crippen LogP contribution >= 0.6 is 11.6 Å². The number of nitrogens with one attached hydrogen (secondary N) is 1. The standard InChI is InChI=1S/C13H14ClN3/c1-3-17-9-11(8-16-17)7-15-13-5-4-10(2)6-12(13)14/h3-6,8-9,15H,1,7H2,2H3. The summed E-state index contributed by atoms with van der Waals surface area (Å²) in [6.07, 6.45) is 5.38. The average molecular weight is 248 g/mol. The second-order valence-corrected chi connectivity index (χ2v) is 4.26. The fourth-order valence-corrected chi connectivity index (χ4v) is 1.83. The number of benzene rings is 1. The van der Waals surface area contributed by atoms with E-state index in [0.29, 0.717) is 6.54 Å². The molecule has 0 saturated carbocycles. The summed E-state index contributed by atoms with van der Waals surface area (Å²) in [5.41, 5.74) is 3.17. The molecule has 0 atom stereocenters. The Labute approximate surface area is 106 Å². The first kappa shape index (κ1) is 11.7. The molecule has 0 aliphatic rings. The lowest BCUT2D eigenvalue weighted by atomic mass is 10.2. The molecule has 4 heteroatoms. The second-order valence-electron chi connectivity index (χ2n) is 3.85. The van der Waals surface area contributed by atoms with Crippen molar-refractivity contribution in [2.75, 3.05) is 5.32 Å². The molecule has 0 aliphatic heterocycles. The monoisotopic (exact) mass is 247 g/mol. The third-order valence-electron chi connectivity index (χ3n) is 2.45. The summed E-state index contributed by atoms with van der Waals surface area (Å²) in [6.45, 7) is 6.35. The van der Waals surface area contributed by atoms with E-state index in [-0.39, 0.29) is 0 Å². The van der Waals surface area contributed by atoms with Crippen LogP contribution in [0.25, 0.3) is 6.20 Å². The molecule has 0 saturated heterocycles. The highest BCUT2D eigenvalue weighted by molar-refractivity contribution is 6.33. The van der Waals surface area contributed by atoms with Gasteiger partial charge in [-0.3, -0.25) is 0 Å². The largest absolute Gasteiger partial charge is 0.380 e. The number of aryl methyl sites for hydroxylation is 1. The van der Waals surface area contributed by atoms with Gasteiger partial charge in [-0.2, -0.15) is 5.10 Å². The Morgan fingerprint density at radius 3 is 3.00 bits per heavy atom. The number of halogens is 1. The molecular weight excluding hydrogens is 234 g/mol. The van der Waals surface area contributed by atoms with Crippen LogP contribution in [0.15, 0.2) is 37.2 Å². The third kappa shape index (κ3) is 2.88. The van der Waals surface area contributed by atoms with Crippen LogP contribution in [0, 0.1) is 6.92 Å². The summed E-state index contributed by atoms with van der Waals surface area (Å²) >= 11 is 6.13. The second kappa shape index (κ2) is 5.06. The van der Waals surface area contributed by atoms with Crippen molar-refractivity contribution in [3.8, 4) is 0 Å². The van der Waals surface area contributed by atoms with Crippen LogP contribution in [0.2, 0.25) is 5.02 Å². The quantitative estimate of drug-likeness (QED) is 0.895. The van der Waals surface area contributed by atoms with Gasteiger partial charge in [-0.25, -0.2) is 4.68 Å². The van der Waals surface area contributed by atoms with Crippen molar-refractivity contribution in [1.82, 2.24) is 9.78 Å². The Morgan fingerprint density at radius 1 is 1.53 bits per heavy atom. The lowest BCUT2D eigenvalue weighted by Gasteiger charge is -2.07. The minimum atomic E-state index is 0.691. The van der Waals surface area contributed by atoms with Crippen molar-refractivity contribution in [2.24, 2.45) is 0 Å². The average Bonchev–Trinajstić information content (AvgIpc) is 2.76. The fraction of sp³-hybridized carbons (Fsp3) is 0.154. The number of aromatic nitrogens is 2. The van der Waals surface area contributed by atoms with Gasteiger partial charge in [0.05, 0.1) is 16.9 Å². The van der Waals surface area contributed by atoms with E-state index in [2.05, 4.69) is 17.0 Å². The highest BCUT2D eigenvalue weighted by Gasteiger charge is 2.01. The van der Waals surface area contributed by atoms with Crippen molar-refractivity contribution in [3.63, 3.8) is 0 Å². The molecule has 1 aromatic heterocycles. The topological polar surface area (TPSA) is 29.9 Å². The van der Waals surface area contributed by atoms with Crippen LogP contribution in [-0.4, -0.2) is 9.78 Å². The number of nitrogens with zero attached hydrogens (tertiary/aromatic N) is 2. The lowest BCUT2D eigenvalue weighted by Crippen LogP contribution is -1.99. The van der Waals surface area contributed by atoms with Crippen molar-refractivity contribution in [2.45, 2.75) is 13.5 Å². The number of rotatable bonds is 4. The first-order chi connectivity index (χ1) is 8.19. The highest BCUT2D eigenvalue weighted by atomic mass is 35.5. The SMILES string of the molecule is C=Cn1cc(CNc2ccc(C)cc2Cl)cn1. The summed E-state index contributed by atoms with van der Waals surface area (Å²) in [6, 6.07) is 5.95. The molecule has 0 spiro atoms. The van der Waals surface area contributed by atoms with Crippen molar-refractivity contribution < 1.29 is 0 Å². The summed E-state index contributed by atoms with van der Waals surface area (Å²) in [5, 5.41) is 8.12. The first-order valence-electron chi connectivity index (χ1n) is 5.34. The van der Waals surface area contributed by atoms with Gasteiger partial charge in [-0.1, -0.05) is 24.2 Å². The van der Waals surface area contributed by atoms with Gasteiger partial charge in [0, 0.05) is 24.5 Å². The van der Waals surface area contributed by atoms with Crippen molar-refractivity contribution >= 4 is 23.5 Å². The number of hydrogen-bond acceptors (Lipinski definition) is 2. The van der Waals surface area contributed by atoms with Crippen LogP contribution in [0.5, 0.6) is 0 Å². The van der Waals surface area contributed by atoms with E-state index in [1.54, 1.807) is 17.1 Å². The molecule has 3 nitrogen and oxygen atoms in total. The Hall–Kier alpha value is -1.74.